The standard InChI is InChI=1S/C18H18BrClN2O3/c1-3-8-25-17-10-15(19)13(9-16(17)24-2)11-21-22-18(23)12-4-6-14(20)7-5-12/h4-7,9-11H,3,8H2,1-2H3,(H,22,23). The van der Waals surface area contributed by atoms with Gasteiger partial charge < -0.3 is 9.47 Å². The molecule has 0 aliphatic heterocycles. The molecular weight excluding hydrogens is 408 g/mol. The lowest BCUT2D eigenvalue weighted by Gasteiger charge is -2.12. The summed E-state index contributed by atoms with van der Waals surface area (Å²) in [6.07, 6.45) is 2.44. The summed E-state index contributed by atoms with van der Waals surface area (Å²) in [6, 6.07) is 10.2. The molecule has 25 heavy (non-hydrogen) atoms. The van der Waals surface area contributed by atoms with Crippen molar-refractivity contribution < 1.29 is 14.3 Å². The number of nitrogens with zero attached hydrogens (tertiary/aromatic N) is 1. The summed E-state index contributed by atoms with van der Waals surface area (Å²) in [5.74, 6) is 0.930. The third-order valence-corrected chi connectivity index (χ3v) is 4.16. The minimum absolute atomic E-state index is 0.320. The van der Waals surface area contributed by atoms with Crippen LogP contribution in [0.2, 0.25) is 5.02 Å². The van der Waals surface area contributed by atoms with Crippen molar-refractivity contribution in [1.29, 1.82) is 0 Å². The Kier molecular flexibility index (Phi) is 7.28. The molecule has 2 aromatic rings. The van der Waals surface area contributed by atoms with Gasteiger partial charge in [0.1, 0.15) is 0 Å². The van der Waals surface area contributed by atoms with Crippen LogP contribution in [0.5, 0.6) is 11.5 Å². The molecule has 0 unspecified atom stereocenters. The monoisotopic (exact) mass is 424 g/mol. The molecule has 1 N–H and O–H groups in total. The third kappa shape index (κ3) is 5.47. The lowest BCUT2D eigenvalue weighted by Crippen LogP contribution is -2.17. The maximum absolute atomic E-state index is 12.0. The number of carbonyl (C=O) groups is 1. The van der Waals surface area contributed by atoms with Crippen molar-refractivity contribution in [2.75, 3.05) is 13.7 Å². The summed E-state index contributed by atoms with van der Waals surface area (Å²) in [5.41, 5.74) is 3.70. The lowest BCUT2D eigenvalue weighted by atomic mass is 10.2. The second-order valence-electron chi connectivity index (χ2n) is 5.08. The number of hydrogen-bond donors (Lipinski definition) is 1. The fourth-order valence-corrected chi connectivity index (χ4v) is 2.51. The smallest absolute Gasteiger partial charge is 0.271 e. The van der Waals surface area contributed by atoms with E-state index in [0.29, 0.717) is 28.7 Å². The first kappa shape index (κ1) is 19.3. The normalized spacial score (nSPS) is 10.7. The second kappa shape index (κ2) is 9.44. The summed E-state index contributed by atoms with van der Waals surface area (Å²) in [5, 5.41) is 4.56. The number of nitrogens with one attached hydrogen (secondary N) is 1. The Balaban J connectivity index is 2.09. The zero-order valence-corrected chi connectivity index (χ0v) is 16.2. The third-order valence-electron chi connectivity index (χ3n) is 3.22. The average Bonchev–Trinajstić information content (AvgIpc) is 2.61. The van der Waals surface area contributed by atoms with Gasteiger partial charge in [-0.05, 0) is 58.7 Å². The van der Waals surface area contributed by atoms with Crippen LogP contribution in [-0.4, -0.2) is 25.8 Å². The second-order valence-corrected chi connectivity index (χ2v) is 6.37. The SMILES string of the molecule is CCCOc1cc(Br)c(C=NNC(=O)c2ccc(Cl)cc2)cc1OC. The molecule has 0 aliphatic carbocycles. The summed E-state index contributed by atoms with van der Waals surface area (Å²) >= 11 is 9.27. The molecule has 0 radical (unpaired) electrons. The lowest BCUT2D eigenvalue weighted by molar-refractivity contribution is 0.0955. The fourth-order valence-electron chi connectivity index (χ4n) is 1.96. The van der Waals surface area contributed by atoms with Crippen molar-refractivity contribution in [3.63, 3.8) is 0 Å². The number of ether oxygens (including phenoxy) is 2. The number of benzene rings is 2. The van der Waals surface area contributed by atoms with E-state index in [4.69, 9.17) is 21.1 Å². The Hall–Kier alpha value is -2.05. The van der Waals surface area contributed by atoms with E-state index in [0.717, 1.165) is 16.5 Å². The predicted molar refractivity (Wildman–Crippen MR) is 103 cm³/mol. The van der Waals surface area contributed by atoms with Gasteiger partial charge in [-0.1, -0.05) is 18.5 Å². The van der Waals surface area contributed by atoms with Crippen LogP contribution in [0.1, 0.15) is 29.3 Å². The Morgan fingerprint density at radius 2 is 2.00 bits per heavy atom. The first-order valence-corrected chi connectivity index (χ1v) is 8.81. The van der Waals surface area contributed by atoms with Crippen molar-refractivity contribution in [3.8, 4) is 11.5 Å². The highest BCUT2D eigenvalue weighted by molar-refractivity contribution is 9.10. The van der Waals surface area contributed by atoms with Crippen molar-refractivity contribution in [2.24, 2.45) is 5.10 Å². The van der Waals surface area contributed by atoms with Gasteiger partial charge in [-0.25, -0.2) is 5.43 Å². The predicted octanol–water partition coefficient (Wildman–Crippen LogP) is 4.66. The van der Waals surface area contributed by atoms with Gasteiger partial charge in [-0.3, -0.25) is 4.79 Å². The maximum Gasteiger partial charge on any atom is 0.271 e. The molecule has 5 nitrogen and oxygen atoms in total. The molecule has 0 atom stereocenters. The molecule has 7 heteroatoms. The van der Waals surface area contributed by atoms with E-state index in [9.17, 15) is 4.79 Å². The van der Waals surface area contributed by atoms with Crippen LogP contribution in [0.3, 0.4) is 0 Å². The van der Waals surface area contributed by atoms with Crippen LogP contribution in [0.4, 0.5) is 0 Å². The average molecular weight is 426 g/mol. The van der Waals surface area contributed by atoms with Crippen LogP contribution in [0.15, 0.2) is 46.0 Å². The topological polar surface area (TPSA) is 59.9 Å². The van der Waals surface area contributed by atoms with Gasteiger partial charge in [0.2, 0.25) is 0 Å². The van der Waals surface area contributed by atoms with Gasteiger partial charge in [0.25, 0.3) is 5.91 Å². The van der Waals surface area contributed by atoms with Crippen LogP contribution < -0.4 is 14.9 Å². The van der Waals surface area contributed by atoms with Crippen LogP contribution in [-0.2, 0) is 0 Å². The highest BCUT2D eigenvalue weighted by Crippen LogP contribution is 2.33. The first-order chi connectivity index (χ1) is 12.0. The highest BCUT2D eigenvalue weighted by Gasteiger charge is 2.09. The highest BCUT2D eigenvalue weighted by atomic mass is 79.9. The number of hydrazone groups is 1. The number of rotatable bonds is 7. The van der Waals surface area contributed by atoms with Gasteiger partial charge in [-0.15, -0.1) is 0 Å². The molecule has 0 aliphatic rings. The van der Waals surface area contributed by atoms with E-state index < -0.39 is 0 Å². The molecule has 0 spiro atoms. The molecule has 0 aromatic heterocycles. The van der Waals surface area contributed by atoms with E-state index in [-0.39, 0.29) is 5.91 Å². The summed E-state index contributed by atoms with van der Waals surface area (Å²) in [7, 11) is 1.57. The molecule has 132 valence electrons. The van der Waals surface area contributed by atoms with E-state index >= 15 is 0 Å². The summed E-state index contributed by atoms with van der Waals surface area (Å²) in [4.78, 5) is 12.0. The molecular formula is C18H18BrClN2O3. The Morgan fingerprint density at radius 3 is 2.64 bits per heavy atom. The molecule has 0 heterocycles. The van der Waals surface area contributed by atoms with Gasteiger partial charge in [0, 0.05) is 20.6 Å². The first-order valence-electron chi connectivity index (χ1n) is 7.64. The minimum atomic E-state index is -0.320. The van der Waals surface area contributed by atoms with E-state index in [1.165, 1.54) is 6.21 Å². The zero-order chi connectivity index (χ0) is 18.2. The van der Waals surface area contributed by atoms with Crippen LogP contribution in [0, 0.1) is 0 Å². The van der Waals surface area contributed by atoms with E-state index in [1.54, 1.807) is 37.4 Å². The van der Waals surface area contributed by atoms with Gasteiger partial charge in [0.05, 0.1) is 19.9 Å². The fraction of sp³-hybridized carbons (Fsp3) is 0.222. The molecule has 1 amide bonds. The molecule has 0 fully saturated rings. The van der Waals surface area contributed by atoms with Crippen molar-refractivity contribution >= 4 is 39.7 Å². The Morgan fingerprint density at radius 1 is 1.28 bits per heavy atom. The molecule has 2 rings (SSSR count). The molecule has 0 saturated carbocycles. The maximum atomic E-state index is 12.0. The Labute approximate surface area is 160 Å². The van der Waals surface area contributed by atoms with Crippen LogP contribution >= 0.6 is 27.5 Å². The Bertz CT molecular complexity index is 764. The molecule has 2 aromatic carbocycles. The zero-order valence-electron chi connectivity index (χ0n) is 13.9. The minimum Gasteiger partial charge on any atom is -0.493 e. The quantitative estimate of drug-likeness (QED) is 0.518. The van der Waals surface area contributed by atoms with Gasteiger partial charge >= 0.3 is 0 Å². The number of carbonyl (C=O) groups excluding carboxylic acids is 1. The van der Waals surface area contributed by atoms with E-state index in [1.807, 2.05) is 13.0 Å². The number of methoxy groups -OCH3 is 1. The van der Waals surface area contributed by atoms with Crippen molar-refractivity contribution in [1.82, 2.24) is 5.43 Å². The van der Waals surface area contributed by atoms with Crippen LogP contribution in [0.25, 0.3) is 0 Å². The molecule has 0 saturated heterocycles. The number of amides is 1. The van der Waals surface area contributed by atoms with Gasteiger partial charge in [0.15, 0.2) is 11.5 Å². The summed E-state index contributed by atoms with van der Waals surface area (Å²) in [6.45, 7) is 2.64. The van der Waals surface area contributed by atoms with E-state index in [2.05, 4.69) is 26.5 Å². The van der Waals surface area contributed by atoms with Gasteiger partial charge in [-0.2, -0.15) is 5.10 Å². The largest absolute Gasteiger partial charge is 0.493 e. The van der Waals surface area contributed by atoms with Crippen molar-refractivity contribution in [3.05, 3.63) is 57.0 Å². The van der Waals surface area contributed by atoms with Crippen molar-refractivity contribution in [2.45, 2.75) is 13.3 Å². The summed E-state index contributed by atoms with van der Waals surface area (Å²) < 4.78 is 11.8. The number of halogens is 2. The molecule has 0 bridgehead atoms. The number of hydrogen-bond acceptors (Lipinski definition) is 4.